The molecule has 3 nitrogen and oxygen atoms in total. The lowest BCUT2D eigenvalue weighted by atomic mass is 9.97. The van der Waals surface area contributed by atoms with E-state index in [0.717, 1.165) is 28.2 Å². The lowest BCUT2D eigenvalue weighted by Gasteiger charge is -2.14. The molecular weight excluding hydrogens is 274 g/mol. The number of methoxy groups -OCH3 is 1. The van der Waals surface area contributed by atoms with Crippen molar-refractivity contribution in [3.63, 3.8) is 0 Å². The van der Waals surface area contributed by atoms with Crippen LogP contribution < -0.4 is 9.47 Å². The zero-order valence-corrected chi connectivity index (χ0v) is 13.3. The molecule has 0 aliphatic carbocycles. The van der Waals surface area contributed by atoms with Crippen LogP contribution in [0.5, 0.6) is 11.5 Å². The van der Waals surface area contributed by atoms with E-state index < -0.39 is 0 Å². The molecule has 0 fully saturated rings. The van der Waals surface area contributed by atoms with E-state index in [-0.39, 0.29) is 5.92 Å². The van der Waals surface area contributed by atoms with Crippen LogP contribution in [0.25, 0.3) is 0 Å². The average Bonchev–Trinajstić information content (AvgIpc) is 2.54. The van der Waals surface area contributed by atoms with Gasteiger partial charge in [-0.15, -0.1) is 0 Å². The second kappa shape index (κ2) is 7.51. The number of para-hydroxylation sites is 1. The number of aryl methyl sites for hydroxylation is 2. The Balaban J connectivity index is 1.98. The summed E-state index contributed by atoms with van der Waals surface area (Å²) < 4.78 is 11.0. The smallest absolute Gasteiger partial charge is 0.125 e. The fraction of sp³-hybridized carbons (Fsp3) is 0.316. The molecule has 2 rings (SSSR count). The maximum atomic E-state index is 9.38. The zero-order valence-electron chi connectivity index (χ0n) is 13.3. The Morgan fingerprint density at radius 1 is 1.05 bits per heavy atom. The van der Waals surface area contributed by atoms with Gasteiger partial charge in [0.1, 0.15) is 11.5 Å². The topological polar surface area (TPSA) is 42.2 Å². The normalized spacial score (nSPS) is 11.5. The predicted octanol–water partition coefficient (Wildman–Crippen LogP) is 4.39. The molecule has 3 heteroatoms. The third-order valence-electron chi connectivity index (χ3n) is 3.74. The van der Waals surface area contributed by atoms with Gasteiger partial charge in [-0.3, -0.25) is 0 Å². The Kier molecular flexibility index (Phi) is 5.43. The number of nitriles is 1. The molecule has 0 saturated carbocycles. The quantitative estimate of drug-likeness (QED) is 0.793. The molecule has 1 unspecified atom stereocenters. The van der Waals surface area contributed by atoms with E-state index in [0.29, 0.717) is 13.0 Å². The molecule has 114 valence electrons. The highest BCUT2D eigenvalue weighted by Crippen LogP contribution is 2.25. The minimum Gasteiger partial charge on any atom is -0.497 e. The minimum atomic E-state index is -0.171. The molecule has 2 aromatic carbocycles. The average molecular weight is 295 g/mol. The van der Waals surface area contributed by atoms with Crippen molar-refractivity contribution in [1.29, 1.82) is 5.26 Å². The number of hydrogen-bond donors (Lipinski definition) is 0. The molecular formula is C19H21NO2. The first-order valence-electron chi connectivity index (χ1n) is 7.38. The predicted molar refractivity (Wildman–Crippen MR) is 87.4 cm³/mol. The highest BCUT2D eigenvalue weighted by molar-refractivity contribution is 5.39. The van der Waals surface area contributed by atoms with E-state index >= 15 is 0 Å². The van der Waals surface area contributed by atoms with Gasteiger partial charge < -0.3 is 9.47 Å². The van der Waals surface area contributed by atoms with Gasteiger partial charge in [-0.25, -0.2) is 0 Å². The summed E-state index contributed by atoms with van der Waals surface area (Å²) in [4.78, 5) is 0. The van der Waals surface area contributed by atoms with Crippen molar-refractivity contribution < 1.29 is 9.47 Å². The van der Waals surface area contributed by atoms with Crippen LogP contribution in [0.15, 0.2) is 42.5 Å². The van der Waals surface area contributed by atoms with Crippen LogP contribution in [0.2, 0.25) is 0 Å². The highest BCUT2D eigenvalue weighted by atomic mass is 16.5. The third-order valence-corrected chi connectivity index (χ3v) is 3.74. The van der Waals surface area contributed by atoms with Crippen molar-refractivity contribution in [2.75, 3.05) is 13.7 Å². The monoisotopic (exact) mass is 295 g/mol. The lowest BCUT2D eigenvalue weighted by molar-refractivity contribution is 0.302. The molecule has 2 aromatic rings. The Morgan fingerprint density at radius 3 is 2.23 bits per heavy atom. The summed E-state index contributed by atoms with van der Waals surface area (Å²) in [6.45, 7) is 4.59. The molecule has 0 heterocycles. The van der Waals surface area contributed by atoms with E-state index in [2.05, 4.69) is 6.07 Å². The fourth-order valence-corrected chi connectivity index (χ4v) is 2.45. The second-order valence-electron chi connectivity index (χ2n) is 5.31. The molecule has 0 aliphatic heterocycles. The summed E-state index contributed by atoms with van der Waals surface area (Å²) in [7, 11) is 1.63. The van der Waals surface area contributed by atoms with Crippen molar-refractivity contribution in [2.45, 2.75) is 26.2 Å². The van der Waals surface area contributed by atoms with Crippen LogP contribution in [-0.4, -0.2) is 13.7 Å². The highest BCUT2D eigenvalue weighted by Gasteiger charge is 2.12. The number of rotatable bonds is 6. The summed E-state index contributed by atoms with van der Waals surface area (Å²) in [6, 6.07) is 16.1. The van der Waals surface area contributed by atoms with E-state index in [1.54, 1.807) is 7.11 Å². The molecule has 0 amide bonds. The summed E-state index contributed by atoms with van der Waals surface area (Å²) in [5, 5.41) is 9.38. The van der Waals surface area contributed by atoms with Crippen LogP contribution in [0.4, 0.5) is 0 Å². The van der Waals surface area contributed by atoms with Gasteiger partial charge >= 0.3 is 0 Å². The van der Waals surface area contributed by atoms with Gasteiger partial charge in [-0.05, 0) is 42.7 Å². The molecule has 0 bridgehead atoms. The molecule has 0 N–H and O–H groups in total. The van der Waals surface area contributed by atoms with Gasteiger partial charge in [-0.2, -0.15) is 5.26 Å². The first kappa shape index (κ1) is 15.9. The maximum absolute atomic E-state index is 9.38. The summed E-state index contributed by atoms with van der Waals surface area (Å²) in [5.74, 6) is 1.55. The van der Waals surface area contributed by atoms with Crippen LogP contribution in [0.3, 0.4) is 0 Å². The van der Waals surface area contributed by atoms with E-state index in [1.807, 2.05) is 56.3 Å². The Hall–Kier alpha value is -2.47. The summed E-state index contributed by atoms with van der Waals surface area (Å²) in [5.41, 5.74) is 3.24. The van der Waals surface area contributed by atoms with Crippen molar-refractivity contribution in [3.8, 4) is 17.6 Å². The molecule has 0 aromatic heterocycles. The van der Waals surface area contributed by atoms with E-state index in [1.165, 1.54) is 0 Å². The van der Waals surface area contributed by atoms with Gasteiger partial charge in [0.15, 0.2) is 0 Å². The Labute approximate surface area is 132 Å². The first-order valence-corrected chi connectivity index (χ1v) is 7.38. The van der Waals surface area contributed by atoms with Gasteiger partial charge in [0.05, 0.1) is 25.7 Å². The molecule has 0 aliphatic rings. The van der Waals surface area contributed by atoms with Gasteiger partial charge in [0.2, 0.25) is 0 Å². The van der Waals surface area contributed by atoms with E-state index in [9.17, 15) is 5.26 Å². The molecule has 0 saturated heterocycles. The van der Waals surface area contributed by atoms with Crippen LogP contribution in [0.1, 0.15) is 29.0 Å². The fourth-order valence-electron chi connectivity index (χ4n) is 2.45. The van der Waals surface area contributed by atoms with Crippen molar-refractivity contribution >= 4 is 0 Å². The summed E-state index contributed by atoms with van der Waals surface area (Å²) >= 11 is 0. The van der Waals surface area contributed by atoms with E-state index in [4.69, 9.17) is 9.47 Å². The molecule has 1 atom stereocenters. The van der Waals surface area contributed by atoms with Gasteiger partial charge in [-0.1, -0.05) is 30.3 Å². The van der Waals surface area contributed by atoms with Crippen molar-refractivity contribution in [2.24, 2.45) is 0 Å². The largest absolute Gasteiger partial charge is 0.497 e. The van der Waals surface area contributed by atoms with Crippen LogP contribution in [0, 0.1) is 25.2 Å². The number of hydrogen-bond acceptors (Lipinski definition) is 3. The summed E-state index contributed by atoms with van der Waals surface area (Å²) in [6.07, 6.45) is 0.663. The number of ether oxygens (including phenoxy) is 2. The number of nitrogens with zero attached hydrogens (tertiary/aromatic N) is 1. The minimum absolute atomic E-state index is 0.171. The van der Waals surface area contributed by atoms with Gasteiger partial charge in [0.25, 0.3) is 0 Å². The van der Waals surface area contributed by atoms with Crippen molar-refractivity contribution in [3.05, 3.63) is 59.2 Å². The Morgan fingerprint density at radius 2 is 1.68 bits per heavy atom. The Bertz CT molecular complexity index is 636. The number of benzene rings is 2. The molecule has 0 radical (unpaired) electrons. The second-order valence-corrected chi connectivity index (χ2v) is 5.31. The standard InChI is InChI=1S/C19H21NO2/c1-14-5-4-6-15(2)19(14)22-12-11-17(13-20)16-7-9-18(21-3)10-8-16/h4-10,17H,11-12H2,1-3H3. The van der Waals surface area contributed by atoms with Crippen LogP contribution >= 0.6 is 0 Å². The first-order chi connectivity index (χ1) is 10.7. The molecule has 22 heavy (non-hydrogen) atoms. The SMILES string of the molecule is COc1ccc(C(C#N)CCOc2c(C)cccc2C)cc1. The third kappa shape index (κ3) is 3.79. The zero-order chi connectivity index (χ0) is 15.9. The molecule has 0 spiro atoms. The van der Waals surface area contributed by atoms with Crippen molar-refractivity contribution in [1.82, 2.24) is 0 Å². The maximum Gasteiger partial charge on any atom is 0.125 e. The van der Waals surface area contributed by atoms with Crippen LogP contribution in [-0.2, 0) is 0 Å². The van der Waals surface area contributed by atoms with Gasteiger partial charge in [0, 0.05) is 6.42 Å². The lowest BCUT2D eigenvalue weighted by Crippen LogP contribution is -2.06.